The smallest absolute Gasteiger partial charge is 0.256 e. The number of imidazole rings is 1. The Kier molecular flexibility index (Phi) is 6.68. The monoisotopic (exact) mass is 495 g/mol. The van der Waals surface area contributed by atoms with Crippen LogP contribution < -0.4 is 11.1 Å². The molecule has 5 rings (SSSR count). The second-order valence-corrected chi connectivity index (χ2v) is 9.07. The van der Waals surface area contributed by atoms with E-state index in [0.717, 1.165) is 42.6 Å². The lowest BCUT2D eigenvalue weighted by Gasteiger charge is -2.22. The quantitative estimate of drug-likeness (QED) is 0.366. The van der Waals surface area contributed by atoms with E-state index in [0.29, 0.717) is 35.0 Å². The normalized spacial score (nSPS) is 15.2. The highest BCUT2D eigenvalue weighted by Gasteiger charge is 2.33. The summed E-state index contributed by atoms with van der Waals surface area (Å²) in [6, 6.07) is 10.9. The number of nitrogen functional groups attached to an aromatic ring is 1. The Morgan fingerprint density at radius 1 is 1.19 bits per heavy atom. The lowest BCUT2D eigenvalue weighted by Crippen LogP contribution is -2.29. The van der Waals surface area contributed by atoms with Gasteiger partial charge in [0, 0.05) is 36.3 Å². The van der Waals surface area contributed by atoms with Crippen molar-refractivity contribution in [1.29, 1.82) is 0 Å². The minimum atomic E-state index is -0.242. The van der Waals surface area contributed by atoms with E-state index in [1.807, 2.05) is 34.9 Å². The van der Waals surface area contributed by atoms with Crippen LogP contribution in [0.3, 0.4) is 0 Å². The Hall–Kier alpha value is -4.53. The van der Waals surface area contributed by atoms with Gasteiger partial charge in [-0.05, 0) is 55.2 Å². The van der Waals surface area contributed by atoms with E-state index in [1.54, 1.807) is 29.4 Å². The number of anilines is 2. The van der Waals surface area contributed by atoms with Crippen molar-refractivity contribution in [3.63, 3.8) is 0 Å². The largest absolute Gasteiger partial charge is 0.382 e. The van der Waals surface area contributed by atoms with Gasteiger partial charge in [-0.3, -0.25) is 14.0 Å². The van der Waals surface area contributed by atoms with E-state index in [1.165, 1.54) is 6.08 Å². The molecule has 0 bridgehead atoms. The molecule has 1 aliphatic rings. The molecule has 3 aromatic heterocycles. The minimum Gasteiger partial charge on any atom is -0.382 e. The number of benzene rings is 1. The molecule has 1 saturated heterocycles. The van der Waals surface area contributed by atoms with Crippen molar-refractivity contribution in [3.05, 3.63) is 84.6 Å². The molecule has 37 heavy (non-hydrogen) atoms. The van der Waals surface area contributed by atoms with Crippen molar-refractivity contribution in [3.8, 4) is 11.3 Å². The SMILES string of the molecule is C=CC(=O)N1CCC[C@H]1c1nc(-c2ccc(C(=O)Nc3cc(CCC)ccn3)cc2)c2c(N)nccn12. The number of pyridine rings is 1. The molecule has 0 radical (unpaired) electrons. The van der Waals surface area contributed by atoms with Crippen LogP contribution in [0.5, 0.6) is 0 Å². The Morgan fingerprint density at radius 2 is 2.00 bits per heavy atom. The highest BCUT2D eigenvalue weighted by atomic mass is 16.2. The number of rotatable bonds is 7. The maximum atomic E-state index is 12.9. The van der Waals surface area contributed by atoms with Gasteiger partial charge < -0.3 is 16.0 Å². The van der Waals surface area contributed by atoms with E-state index in [9.17, 15) is 9.59 Å². The fraction of sp³-hybridized carbons (Fsp3) is 0.250. The maximum Gasteiger partial charge on any atom is 0.256 e. The second-order valence-electron chi connectivity index (χ2n) is 9.07. The predicted molar refractivity (Wildman–Crippen MR) is 143 cm³/mol. The van der Waals surface area contributed by atoms with E-state index in [4.69, 9.17) is 10.7 Å². The van der Waals surface area contributed by atoms with Gasteiger partial charge in [-0.2, -0.15) is 0 Å². The first-order valence-corrected chi connectivity index (χ1v) is 12.4. The van der Waals surface area contributed by atoms with Crippen molar-refractivity contribution in [1.82, 2.24) is 24.3 Å². The molecule has 3 N–H and O–H groups in total. The molecular weight excluding hydrogens is 466 g/mol. The van der Waals surface area contributed by atoms with Crippen molar-refractivity contribution in [2.24, 2.45) is 0 Å². The van der Waals surface area contributed by atoms with Crippen LogP contribution in [-0.2, 0) is 11.2 Å². The van der Waals surface area contributed by atoms with Crippen LogP contribution in [0.2, 0.25) is 0 Å². The number of amides is 2. The number of nitrogens with one attached hydrogen (secondary N) is 1. The van der Waals surface area contributed by atoms with Crippen molar-refractivity contribution in [2.45, 2.75) is 38.6 Å². The summed E-state index contributed by atoms with van der Waals surface area (Å²) in [4.78, 5) is 40.6. The molecule has 9 heteroatoms. The number of hydrogen-bond donors (Lipinski definition) is 2. The van der Waals surface area contributed by atoms with Crippen LogP contribution in [0.25, 0.3) is 16.8 Å². The van der Waals surface area contributed by atoms with E-state index in [-0.39, 0.29) is 17.9 Å². The highest BCUT2D eigenvalue weighted by Crippen LogP contribution is 2.36. The Balaban J connectivity index is 1.45. The first-order chi connectivity index (χ1) is 18.0. The average Bonchev–Trinajstić information content (AvgIpc) is 3.54. The number of aromatic nitrogens is 4. The fourth-order valence-electron chi connectivity index (χ4n) is 4.89. The zero-order valence-electron chi connectivity index (χ0n) is 20.7. The summed E-state index contributed by atoms with van der Waals surface area (Å²) >= 11 is 0. The summed E-state index contributed by atoms with van der Waals surface area (Å²) in [5.74, 6) is 1.24. The molecule has 0 spiro atoms. The molecule has 0 aliphatic carbocycles. The molecule has 1 fully saturated rings. The number of nitrogens with zero attached hydrogens (tertiary/aromatic N) is 5. The van der Waals surface area contributed by atoms with Gasteiger partial charge in [-0.15, -0.1) is 0 Å². The Labute approximate surface area is 215 Å². The van der Waals surface area contributed by atoms with Crippen LogP contribution in [0.1, 0.15) is 54.0 Å². The fourth-order valence-corrected chi connectivity index (χ4v) is 4.89. The van der Waals surface area contributed by atoms with Crippen LogP contribution in [0.4, 0.5) is 11.6 Å². The second kappa shape index (κ2) is 10.2. The minimum absolute atomic E-state index is 0.118. The van der Waals surface area contributed by atoms with Crippen LogP contribution in [-0.4, -0.2) is 42.6 Å². The zero-order chi connectivity index (χ0) is 25.9. The third kappa shape index (κ3) is 4.67. The standard InChI is InChI=1S/C28H29N7O2/c1-3-6-18-12-13-30-22(17-18)32-28(37)20-10-8-19(9-11-20)24-25-26(29)31-14-16-35(25)27(33-24)21-7-5-15-34(21)23(36)4-2/h4,8-14,16-17,21H,2-3,5-7,15H2,1H3,(H2,29,31)(H,30,32,37)/t21-/m0/s1. The topological polar surface area (TPSA) is 119 Å². The van der Waals surface area contributed by atoms with Gasteiger partial charge in [0.1, 0.15) is 28.7 Å². The van der Waals surface area contributed by atoms with Crippen molar-refractivity contribution < 1.29 is 9.59 Å². The molecule has 0 unspecified atom stereocenters. The molecule has 1 aliphatic heterocycles. The third-order valence-corrected chi connectivity index (χ3v) is 6.64. The molecule has 2 amide bonds. The van der Waals surface area contributed by atoms with Crippen LogP contribution in [0.15, 0.2) is 67.6 Å². The number of nitrogens with two attached hydrogens (primary N) is 1. The number of fused-ring (bicyclic) bond motifs is 1. The molecule has 1 aromatic carbocycles. The van der Waals surface area contributed by atoms with Gasteiger partial charge in [0.2, 0.25) is 5.91 Å². The van der Waals surface area contributed by atoms with Gasteiger partial charge in [-0.1, -0.05) is 32.1 Å². The Morgan fingerprint density at radius 3 is 2.76 bits per heavy atom. The van der Waals surface area contributed by atoms with E-state index in [2.05, 4.69) is 28.8 Å². The van der Waals surface area contributed by atoms with E-state index >= 15 is 0 Å². The number of likely N-dealkylation sites (tertiary alicyclic amines) is 1. The van der Waals surface area contributed by atoms with Crippen LogP contribution in [0, 0.1) is 0 Å². The van der Waals surface area contributed by atoms with Crippen LogP contribution >= 0.6 is 0 Å². The van der Waals surface area contributed by atoms with Gasteiger partial charge in [0.05, 0.1) is 6.04 Å². The lowest BCUT2D eigenvalue weighted by molar-refractivity contribution is -0.127. The molecular formula is C28H29N7O2. The lowest BCUT2D eigenvalue weighted by atomic mass is 10.1. The first-order valence-electron chi connectivity index (χ1n) is 12.4. The predicted octanol–water partition coefficient (Wildman–Crippen LogP) is 4.43. The number of carbonyl (C=O) groups excluding carboxylic acids is 2. The van der Waals surface area contributed by atoms with Gasteiger partial charge in [0.25, 0.3) is 5.91 Å². The number of aryl methyl sites for hydroxylation is 1. The molecule has 188 valence electrons. The van der Waals surface area contributed by atoms with Gasteiger partial charge in [0.15, 0.2) is 0 Å². The summed E-state index contributed by atoms with van der Waals surface area (Å²) in [5.41, 5.74) is 10.0. The summed E-state index contributed by atoms with van der Waals surface area (Å²) in [7, 11) is 0. The third-order valence-electron chi connectivity index (χ3n) is 6.64. The first kappa shape index (κ1) is 24.2. The molecule has 9 nitrogen and oxygen atoms in total. The summed E-state index contributed by atoms with van der Waals surface area (Å²) in [5, 5.41) is 2.87. The Bertz CT molecular complexity index is 1480. The molecule has 0 saturated carbocycles. The highest BCUT2D eigenvalue weighted by molar-refractivity contribution is 6.04. The van der Waals surface area contributed by atoms with E-state index < -0.39 is 0 Å². The average molecular weight is 496 g/mol. The number of carbonyl (C=O) groups is 2. The zero-order valence-corrected chi connectivity index (χ0v) is 20.7. The summed E-state index contributed by atoms with van der Waals surface area (Å²) in [6.45, 7) is 6.40. The molecule has 4 aromatic rings. The van der Waals surface area contributed by atoms with Gasteiger partial charge >= 0.3 is 0 Å². The summed E-state index contributed by atoms with van der Waals surface area (Å²) in [6.07, 6.45) is 10.1. The molecule has 1 atom stereocenters. The molecule has 4 heterocycles. The maximum absolute atomic E-state index is 12.9. The van der Waals surface area contributed by atoms with Crippen molar-refractivity contribution >= 4 is 29.0 Å². The van der Waals surface area contributed by atoms with Gasteiger partial charge in [-0.25, -0.2) is 15.0 Å². The summed E-state index contributed by atoms with van der Waals surface area (Å²) < 4.78 is 1.91. The van der Waals surface area contributed by atoms with Crippen molar-refractivity contribution in [2.75, 3.05) is 17.6 Å². The number of hydrogen-bond acceptors (Lipinski definition) is 6.